The Bertz CT molecular complexity index is 767. The van der Waals surface area contributed by atoms with Crippen molar-refractivity contribution >= 4 is 22.8 Å². The number of hydrogen-bond acceptors (Lipinski definition) is 3. The molecule has 1 aromatic carbocycles. The number of ether oxygens (including phenoxy) is 1. The van der Waals surface area contributed by atoms with Crippen molar-refractivity contribution in [2.45, 2.75) is 64.5 Å². The Kier molecular flexibility index (Phi) is 5.96. The van der Waals surface area contributed by atoms with Crippen molar-refractivity contribution in [3.8, 4) is 0 Å². The van der Waals surface area contributed by atoms with E-state index in [9.17, 15) is 9.59 Å². The van der Waals surface area contributed by atoms with Gasteiger partial charge in [0.05, 0.1) is 0 Å². The molecule has 0 saturated carbocycles. The first kappa shape index (κ1) is 18.5. The summed E-state index contributed by atoms with van der Waals surface area (Å²) in [5, 5.41) is 1.13. The van der Waals surface area contributed by atoms with Gasteiger partial charge in [0.15, 0.2) is 6.10 Å². The number of H-pyrrole nitrogens is 1. The Labute approximate surface area is 154 Å². The van der Waals surface area contributed by atoms with Crippen LogP contribution < -0.4 is 0 Å². The summed E-state index contributed by atoms with van der Waals surface area (Å²) in [5.41, 5.74) is 2.16. The molecule has 1 saturated heterocycles. The molecule has 1 aromatic heterocycles. The number of hydrogen-bond donors (Lipinski definition) is 1. The van der Waals surface area contributed by atoms with Gasteiger partial charge in [-0.15, -0.1) is 0 Å². The zero-order valence-corrected chi connectivity index (χ0v) is 15.7. The molecule has 1 aliphatic heterocycles. The molecular formula is C21H28N2O3. The first-order chi connectivity index (χ1) is 12.6. The second-order valence-electron chi connectivity index (χ2n) is 7.08. The van der Waals surface area contributed by atoms with E-state index in [1.165, 1.54) is 6.42 Å². The highest BCUT2D eigenvalue weighted by atomic mass is 16.5. The van der Waals surface area contributed by atoms with Crippen molar-refractivity contribution in [1.82, 2.24) is 9.88 Å². The summed E-state index contributed by atoms with van der Waals surface area (Å²) in [7, 11) is 0. The van der Waals surface area contributed by atoms with Gasteiger partial charge in [-0.2, -0.15) is 0 Å². The topological polar surface area (TPSA) is 62.4 Å². The quantitative estimate of drug-likeness (QED) is 0.800. The predicted octanol–water partition coefficient (Wildman–Crippen LogP) is 3.82. The summed E-state index contributed by atoms with van der Waals surface area (Å²) in [6.45, 7) is 4.57. The number of amides is 1. The van der Waals surface area contributed by atoms with Gasteiger partial charge in [-0.05, 0) is 50.7 Å². The largest absolute Gasteiger partial charge is 0.453 e. The summed E-state index contributed by atoms with van der Waals surface area (Å²) < 4.78 is 5.43. The number of piperidine rings is 1. The number of aromatic nitrogens is 1. The lowest BCUT2D eigenvalue weighted by Crippen LogP contribution is -2.48. The van der Waals surface area contributed by atoms with Crippen LogP contribution in [0.2, 0.25) is 0 Å². The second kappa shape index (κ2) is 8.39. The van der Waals surface area contributed by atoms with Crippen LogP contribution in [0.5, 0.6) is 0 Å². The van der Waals surface area contributed by atoms with Crippen LogP contribution in [0, 0.1) is 0 Å². The Balaban J connectivity index is 1.53. The van der Waals surface area contributed by atoms with Crippen molar-refractivity contribution in [2.24, 2.45) is 0 Å². The van der Waals surface area contributed by atoms with E-state index in [1.807, 2.05) is 35.4 Å². The standard InChI is InChI=1S/C21H28N2O3/c1-3-17-8-6-7-13-23(17)21(25)15(2)26-20(24)12-11-16-14-22-19-10-5-4-9-18(16)19/h4-5,9-10,14-15,17,22H,3,6-8,11-13H2,1-2H3. The second-order valence-corrected chi connectivity index (χ2v) is 7.08. The van der Waals surface area contributed by atoms with E-state index >= 15 is 0 Å². The zero-order valence-electron chi connectivity index (χ0n) is 15.7. The minimum Gasteiger partial charge on any atom is -0.453 e. The maximum atomic E-state index is 12.7. The Morgan fingerprint density at radius 2 is 2.12 bits per heavy atom. The zero-order chi connectivity index (χ0) is 18.5. The first-order valence-corrected chi connectivity index (χ1v) is 9.65. The molecule has 1 N–H and O–H groups in total. The van der Waals surface area contributed by atoms with E-state index in [0.29, 0.717) is 6.42 Å². The average molecular weight is 356 g/mol. The molecule has 1 aliphatic rings. The number of likely N-dealkylation sites (tertiary alicyclic amines) is 1. The van der Waals surface area contributed by atoms with Gasteiger partial charge in [-0.25, -0.2) is 0 Å². The molecule has 26 heavy (non-hydrogen) atoms. The number of para-hydroxylation sites is 1. The number of benzene rings is 1. The summed E-state index contributed by atoms with van der Waals surface area (Å²) in [6.07, 6.45) is 6.30. The van der Waals surface area contributed by atoms with E-state index in [4.69, 9.17) is 4.74 Å². The molecule has 0 bridgehead atoms. The van der Waals surface area contributed by atoms with Gasteiger partial charge in [-0.1, -0.05) is 25.1 Å². The van der Waals surface area contributed by atoms with Crippen LogP contribution in [0.1, 0.15) is 51.5 Å². The molecule has 5 heteroatoms. The van der Waals surface area contributed by atoms with E-state index in [1.54, 1.807) is 6.92 Å². The minimum absolute atomic E-state index is 0.0583. The molecule has 2 heterocycles. The van der Waals surface area contributed by atoms with Crippen molar-refractivity contribution in [3.05, 3.63) is 36.0 Å². The third-order valence-corrected chi connectivity index (χ3v) is 5.31. The van der Waals surface area contributed by atoms with Crippen LogP contribution in [0.25, 0.3) is 10.9 Å². The Morgan fingerprint density at radius 3 is 2.92 bits per heavy atom. The van der Waals surface area contributed by atoms with Crippen molar-refractivity contribution in [2.75, 3.05) is 6.54 Å². The van der Waals surface area contributed by atoms with Crippen LogP contribution in [0.4, 0.5) is 0 Å². The van der Waals surface area contributed by atoms with E-state index < -0.39 is 6.10 Å². The van der Waals surface area contributed by atoms with Gasteiger partial charge in [0, 0.05) is 36.1 Å². The van der Waals surface area contributed by atoms with Gasteiger partial charge >= 0.3 is 5.97 Å². The van der Waals surface area contributed by atoms with Gasteiger partial charge in [-0.3, -0.25) is 9.59 Å². The number of carbonyl (C=O) groups excluding carboxylic acids is 2. The third-order valence-electron chi connectivity index (χ3n) is 5.31. The molecule has 2 atom stereocenters. The van der Waals surface area contributed by atoms with Crippen molar-refractivity contribution in [3.63, 3.8) is 0 Å². The lowest BCUT2D eigenvalue weighted by Gasteiger charge is -2.36. The average Bonchev–Trinajstić information content (AvgIpc) is 3.09. The number of rotatable bonds is 6. The van der Waals surface area contributed by atoms with Crippen molar-refractivity contribution < 1.29 is 14.3 Å². The molecule has 0 spiro atoms. The number of nitrogens with zero attached hydrogens (tertiary/aromatic N) is 1. The van der Waals surface area contributed by atoms with E-state index in [-0.39, 0.29) is 24.3 Å². The highest BCUT2D eigenvalue weighted by molar-refractivity contribution is 5.85. The molecule has 0 radical (unpaired) electrons. The summed E-state index contributed by atoms with van der Waals surface area (Å²) in [5.74, 6) is -0.377. The SMILES string of the molecule is CCC1CCCCN1C(=O)C(C)OC(=O)CCc1c[nH]c2ccccc12. The molecule has 3 rings (SSSR count). The molecule has 2 unspecified atom stereocenters. The number of fused-ring (bicyclic) bond motifs is 1. The molecule has 1 amide bonds. The number of nitrogens with one attached hydrogen (secondary N) is 1. The third kappa shape index (κ3) is 4.09. The van der Waals surface area contributed by atoms with Crippen LogP contribution in [-0.4, -0.2) is 40.5 Å². The predicted molar refractivity (Wildman–Crippen MR) is 102 cm³/mol. The summed E-state index contributed by atoms with van der Waals surface area (Å²) in [6, 6.07) is 8.31. The number of esters is 1. The number of aryl methyl sites for hydroxylation is 1. The van der Waals surface area contributed by atoms with Crippen LogP contribution >= 0.6 is 0 Å². The normalized spacial score (nSPS) is 18.7. The fourth-order valence-electron chi connectivity index (χ4n) is 3.83. The molecule has 5 nitrogen and oxygen atoms in total. The van der Waals surface area contributed by atoms with Gasteiger partial charge < -0.3 is 14.6 Å². The maximum Gasteiger partial charge on any atom is 0.306 e. The molecule has 0 aliphatic carbocycles. The van der Waals surface area contributed by atoms with Crippen molar-refractivity contribution in [1.29, 1.82) is 0 Å². The minimum atomic E-state index is -0.711. The summed E-state index contributed by atoms with van der Waals surface area (Å²) >= 11 is 0. The highest BCUT2D eigenvalue weighted by Gasteiger charge is 2.30. The smallest absolute Gasteiger partial charge is 0.306 e. The van der Waals surface area contributed by atoms with Gasteiger partial charge in [0.1, 0.15) is 0 Å². The van der Waals surface area contributed by atoms with Gasteiger partial charge in [0.25, 0.3) is 5.91 Å². The maximum absolute atomic E-state index is 12.7. The number of aromatic amines is 1. The highest BCUT2D eigenvalue weighted by Crippen LogP contribution is 2.22. The van der Waals surface area contributed by atoms with Crippen LogP contribution in [0.15, 0.2) is 30.5 Å². The van der Waals surface area contributed by atoms with Gasteiger partial charge in [0.2, 0.25) is 0 Å². The number of carbonyl (C=O) groups is 2. The Hall–Kier alpha value is -2.30. The fraction of sp³-hybridized carbons (Fsp3) is 0.524. The molecular weight excluding hydrogens is 328 g/mol. The molecule has 2 aromatic rings. The monoisotopic (exact) mass is 356 g/mol. The molecule has 140 valence electrons. The Morgan fingerprint density at radius 1 is 1.31 bits per heavy atom. The summed E-state index contributed by atoms with van der Waals surface area (Å²) in [4.78, 5) is 30.0. The van der Waals surface area contributed by atoms with Crippen LogP contribution in [0.3, 0.4) is 0 Å². The fourth-order valence-corrected chi connectivity index (χ4v) is 3.83. The lowest BCUT2D eigenvalue weighted by atomic mass is 9.99. The van der Waals surface area contributed by atoms with E-state index in [0.717, 1.165) is 42.3 Å². The van der Waals surface area contributed by atoms with Crippen LogP contribution in [-0.2, 0) is 20.7 Å². The van der Waals surface area contributed by atoms with E-state index in [2.05, 4.69) is 11.9 Å². The lowest BCUT2D eigenvalue weighted by molar-refractivity contribution is -0.161. The first-order valence-electron chi connectivity index (χ1n) is 9.65. The molecule has 1 fully saturated rings.